The Hall–Kier alpha value is -0.340. The second kappa shape index (κ2) is 2.29. The number of rotatable bonds is 0. The van der Waals surface area contributed by atoms with Crippen molar-refractivity contribution >= 4 is 24.2 Å². The second-order valence-corrected chi connectivity index (χ2v) is 2.17. The summed E-state index contributed by atoms with van der Waals surface area (Å²) in [6.07, 6.45) is 1.59. The molecule has 1 aromatic heterocycles. The standard InChI is InChI=1S/C5H3ClNS/c6-5-3-4(8)1-2-7-5/h1-3H. The molecular weight excluding hydrogens is 142 g/mol. The van der Waals surface area contributed by atoms with Crippen molar-refractivity contribution in [2.45, 2.75) is 4.90 Å². The monoisotopic (exact) mass is 144 g/mol. The topological polar surface area (TPSA) is 12.9 Å². The molecule has 0 aliphatic carbocycles. The first-order valence-corrected chi connectivity index (χ1v) is 2.86. The number of aromatic nitrogens is 1. The van der Waals surface area contributed by atoms with Crippen LogP contribution in [0.1, 0.15) is 0 Å². The molecule has 0 aliphatic rings. The fraction of sp³-hybridized carbons (Fsp3) is 0. The van der Waals surface area contributed by atoms with Crippen LogP contribution in [0.2, 0.25) is 5.15 Å². The zero-order chi connectivity index (χ0) is 5.98. The summed E-state index contributed by atoms with van der Waals surface area (Å²) in [4.78, 5) is 4.47. The molecule has 0 aromatic carbocycles. The van der Waals surface area contributed by atoms with Gasteiger partial charge in [0.15, 0.2) is 0 Å². The molecule has 8 heavy (non-hydrogen) atoms. The fourth-order valence-electron chi connectivity index (χ4n) is 0.385. The van der Waals surface area contributed by atoms with E-state index in [1.807, 2.05) is 0 Å². The number of hydrogen-bond donors (Lipinski definition) is 0. The van der Waals surface area contributed by atoms with Gasteiger partial charge in [-0.1, -0.05) is 24.2 Å². The molecule has 0 atom stereocenters. The van der Waals surface area contributed by atoms with Crippen molar-refractivity contribution in [3.05, 3.63) is 23.5 Å². The van der Waals surface area contributed by atoms with Gasteiger partial charge in [-0.3, -0.25) is 0 Å². The van der Waals surface area contributed by atoms with E-state index in [4.69, 9.17) is 24.2 Å². The first-order chi connectivity index (χ1) is 3.79. The zero-order valence-electron chi connectivity index (χ0n) is 3.97. The third-order valence-electron chi connectivity index (χ3n) is 0.698. The molecule has 3 heteroatoms. The van der Waals surface area contributed by atoms with Crippen molar-refractivity contribution in [2.75, 3.05) is 0 Å². The summed E-state index contributed by atoms with van der Waals surface area (Å²) < 4.78 is 0. The SMILES string of the molecule is [S]c1ccnc(Cl)c1. The predicted molar refractivity (Wildman–Crippen MR) is 35.1 cm³/mol. The second-order valence-electron chi connectivity index (χ2n) is 1.31. The molecule has 0 N–H and O–H groups in total. The molecule has 0 aliphatic heterocycles. The van der Waals surface area contributed by atoms with Gasteiger partial charge in [-0.15, -0.1) is 0 Å². The highest BCUT2D eigenvalue weighted by atomic mass is 35.5. The minimum atomic E-state index is 0.456. The normalized spacial score (nSPS) is 9.12. The van der Waals surface area contributed by atoms with Crippen molar-refractivity contribution in [3.8, 4) is 0 Å². The van der Waals surface area contributed by atoms with Gasteiger partial charge < -0.3 is 0 Å². The summed E-state index contributed by atoms with van der Waals surface area (Å²) in [5, 5.41) is 0.456. The third-order valence-corrected chi connectivity index (χ3v) is 1.16. The highest BCUT2D eigenvalue weighted by Crippen LogP contribution is 2.09. The summed E-state index contributed by atoms with van der Waals surface area (Å²) in [6.45, 7) is 0. The molecule has 0 saturated carbocycles. The van der Waals surface area contributed by atoms with Crippen LogP contribution in [0, 0.1) is 0 Å². The summed E-state index contributed by atoms with van der Waals surface area (Å²) >= 11 is 10.2. The molecular formula is C5H3ClNS. The van der Waals surface area contributed by atoms with Crippen LogP contribution in [0.3, 0.4) is 0 Å². The number of nitrogens with zero attached hydrogens (tertiary/aromatic N) is 1. The molecule has 1 heterocycles. The lowest BCUT2D eigenvalue weighted by Crippen LogP contribution is -1.70. The lowest BCUT2D eigenvalue weighted by molar-refractivity contribution is 1.27. The number of pyridine rings is 1. The van der Waals surface area contributed by atoms with Gasteiger partial charge in [-0.2, -0.15) is 0 Å². The van der Waals surface area contributed by atoms with E-state index in [-0.39, 0.29) is 0 Å². The van der Waals surface area contributed by atoms with Crippen LogP contribution < -0.4 is 0 Å². The Labute approximate surface area is 58.1 Å². The van der Waals surface area contributed by atoms with Gasteiger partial charge in [0.2, 0.25) is 0 Å². The van der Waals surface area contributed by atoms with Crippen molar-refractivity contribution in [1.29, 1.82) is 0 Å². The summed E-state index contributed by atoms with van der Waals surface area (Å²) in [6, 6.07) is 3.36. The van der Waals surface area contributed by atoms with Gasteiger partial charge in [0, 0.05) is 11.1 Å². The van der Waals surface area contributed by atoms with Crippen LogP contribution in [0.5, 0.6) is 0 Å². The number of halogens is 1. The minimum absolute atomic E-state index is 0.456. The van der Waals surface area contributed by atoms with E-state index in [1.54, 1.807) is 18.3 Å². The molecule has 0 fully saturated rings. The lowest BCUT2D eigenvalue weighted by atomic mass is 10.5. The van der Waals surface area contributed by atoms with Crippen molar-refractivity contribution in [3.63, 3.8) is 0 Å². The molecule has 0 bridgehead atoms. The highest BCUT2D eigenvalue weighted by Gasteiger charge is 1.86. The molecule has 0 unspecified atom stereocenters. The van der Waals surface area contributed by atoms with Gasteiger partial charge >= 0.3 is 0 Å². The van der Waals surface area contributed by atoms with Gasteiger partial charge in [0.1, 0.15) is 5.15 Å². The smallest absolute Gasteiger partial charge is 0.130 e. The van der Waals surface area contributed by atoms with Gasteiger partial charge in [-0.05, 0) is 12.1 Å². The molecule has 1 radical (unpaired) electrons. The van der Waals surface area contributed by atoms with E-state index in [0.717, 1.165) is 4.90 Å². The van der Waals surface area contributed by atoms with E-state index in [9.17, 15) is 0 Å². The first-order valence-electron chi connectivity index (χ1n) is 2.07. The minimum Gasteiger partial charge on any atom is -0.244 e. The maximum absolute atomic E-state index is 5.47. The fourth-order valence-corrected chi connectivity index (χ4v) is 0.796. The van der Waals surface area contributed by atoms with E-state index >= 15 is 0 Å². The Bertz CT molecular complexity index is 172. The molecule has 0 saturated heterocycles. The van der Waals surface area contributed by atoms with Crippen molar-refractivity contribution in [1.82, 2.24) is 4.98 Å². The first kappa shape index (κ1) is 5.79. The van der Waals surface area contributed by atoms with Crippen LogP contribution in [-0.2, 0) is 0 Å². The lowest BCUT2D eigenvalue weighted by Gasteiger charge is -1.86. The van der Waals surface area contributed by atoms with E-state index < -0.39 is 0 Å². The summed E-state index contributed by atoms with van der Waals surface area (Å²) in [7, 11) is 0. The maximum atomic E-state index is 5.47. The Morgan fingerprint density at radius 1 is 1.62 bits per heavy atom. The quantitative estimate of drug-likeness (QED) is 0.509. The Morgan fingerprint density at radius 2 is 2.38 bits per heavy atom. The van der Waals surface area contributed by atoms with Gasteiger partial charge in [0.25, 0.3) is 0 Å². The van der Waals surface area contributed by atoms with Crippen LogP contribution in [0.4, 0.5) is 0 Å². The molecule has 1 aromatic rings. The van der Waals surface area contributed by atoms with E-state index in [0.29, 0.717) is 5.15 Å². The molecule has 41 valence electrons. The molecule has 0 amide bonds. The van der Waals surface area contributed by atoms with Crippen molar-refractivity contribution in [2.24, 2.45) is 0 Å². The van der Waals surface area contributed by atoms with Crippen molar-refractivity contribution < 1.29 is 0 Å². The van der Waals surface area contributed by atoms with Gasteiger partial charge in [-0.25, -0.2) is 4.98 Å². The van der Waals surface area contributed by atoms with E-state index in [2.05, 4.69) is 4.98 Å². The van der Waals surface area contributed by atoms with Gasteiger partial charge in [0.05, 0.1) is 0 Å². The molecule has 0 spiro atoms. The largest absolute Gasteiger partial charge is 0.244 e. The van der Waals surface area contributed by atoms with E-state index in [1.165, 1.54) is 0 Å². The average Bonchev–Trinajstić information content (AvgIpc) is 1.64. The predicted octanol–water partition coefficient (Wildman–Crippen LogP) is 2.29. The van der Waals surface area contributed by atoms with Crippen LogP contribution >= 0.6 is 24.2 Å². The maximum Gasteiger partial charge on any atom is 0.130 e. The summed E-state index contributed by atoms with van der Waals surface area (Å²) in [5.74, 6) is 0. The molecule has 1 nitrogen and oxygen atoms in total. The highest BCUT2D eigenvalue weighted by molar-refractivity contribution is 7.80. The third kappa shape index (κ3) is 1.32. The zero-order valence-corrected chi connectivity index (χ0v) is 5.54. The Kier molecular flexibility index (Phi) is 1.65. The number of hydrogen-bond acceptors (Lipinski definition) is 1. The summed E-state index contributed by atoms with van der Waals surface area (Å²) in [5.41, 5.74) is 0. The van der Waals surface area contributed by atoms with Crippen LogP contribution in [0.15, 0.2) is 23.2 Å². The van der Waals surface area contributed by atoms with Crippen LogP contribution in [0.25, 0.3) is 0 Å². The average molecular weight is 145 g/mol. The Balaban J connectivity index is 3.08. The Morgan fingerprint density at radius 3 is 2.75 bits per heavy atom. The van der Waals surface area contributed by atoms with Crippen LogP contribution in [-0.4, -0.2) is 4.98 Å². The molecule has 1 rings (SSSR count).